The number of pyridine rings is 1. The lowest BCUT2D eigenvalue weighted by Crippen LogP contribution is -2.48. The van der Waals surface area contributed by atoms with Crippen molar-refractivity contribution in [3.05, 3.63) is 36.0 Å². The van der Waals surface area contributed by atoms with Crippen LogP contribution in [0.2, 0.25) is 0 Å². The van der Waals surface area contributed by atoms with Crippen LogP contribution in [0.15, 0.2) is 35.5 Å². The van der Waals surface area contributed by atoms with E-state index in [-0.39, 0.29) is 6.04 Å². The van der Waals surface area contributed by atoms with Crippen LogP contribution in [-0.4, -0.2) is 43.5 Å². The first-order valence-electron chi connectivity index (χ1n) is 7.13. The van der Waals surface area contributed by atoms with Gasteiger partial charge in [-0.15, -0.1) is 0 Å². The van der Waals surface area contributed by atoms with Crippen LogP contribution in [0.4, 0.5) is 10.1 Å². The zero-order valence-corrected chi connectivity index (χ0v) is 12.0. The van der Waals surface area contributed by atoms with Gasteiger partial charge in [-0.25, -0.2) is 4.39 Å². The lowest BCUT2D eigenvalue weighted by Gasteiger charge is -2.35. The predicted octanol–water partition coefficient (Wildman–Crippen LogP) is 2.16. The molecule has 0 amide bonds. The summed E-state index contributed by atoms with van der Waals surface area (Å²) in [6, 6.07) is 7.77. The molecule has 4 nitrogen and oxygen atoms in total. The Bertz CT molecular complexity index is 660. The summed E-state index contributed by atoms with van der Waals surface area (Å²) in [5, 5.41) is 1.01. The Hall–Kier alpha value is -2.01. The van der Waals surface area contributed by atoms with Crippen LogP contribution in [0.3, 0.4) is 0 Å². The minimum Gasteiger partial charge on any atom is -0.367 e. The summed E-state index contributed by atoms with van der Waals surface area (Å²) in [5.74, 6) is 0. The van der Waals surface area contributed by atoms with Gasteiger partial charge in [0.1, 0.15) is 6.17 Å². The molecule has 2 atom stereocenters. The van der Waals surface area contributed by atoms with E-state index in [2.05, 4.69) is 9.98 Å². The highest BCUT2D eigenvalue weighted by Gasteiger charge is 2.26. The van der Waals surface area contributed by atoms with E-state index >= 15 is 0 Å². The fourth-order valence-corrected chi connectivity index (χ4v) is 2.97. The molecular formula is C16H19FN4. The number of halogens is 1. The van der Waals surface area contributed by atoms with Crippen molar-refractivity contribution in [2.24, 2.45) is 10.7 Å². The molecule has 0 spiro atoms. The van der Waals surface area contributed by atoms with Gasteiger partial charge in [0.25, 0.3) is 0 Å². The van der Waals surface area contributed by atoms with Crippen molar-refractivity contribution in [1.82, 2.24) is 4.98 Å². The second kappa shape index (κ2) is 5.77. The fourth-order valence-electron chi connectivity index (χ4n) is 2.97. The smallest absolute Gasteiger partial charge is 0.119 e. The number of fused-ring (bicyclic) bond motifs is 1. The molecule has 1 aliphatic rings. The van der Waals surface area contributed by atoms with Crippen LogP contribution in [0.1, 0.15) is 12.0 Å². The van der Waals surface area contributed by atoms with E-state index in [0.717, 1.165) is 22.2 Å². The molecule has 2 N–H and O–H groups in total. The molecule has 2 aromatic rings. The Morgan fingerprint density at radius 3 is 3.00 bits per heavy atom. The molecule has 0 unspecified atom stereocenters. The molecule has 0 aliphatic carbocycles. The van der Waals surface area contributed by atoms with Gasteiger partial charge in [-0.05, 0) is 30.7 Å². The zero-order chi connectivity index (χ0) is 14.8. The quantitative estimate of drug-likeness (QED) is 0.861. The fraction of sp³-hybridized carbons (Fsp3) is 0.375. The molecule has 1 saturated heterocycles. The number of hydrogen-bond acceptors (Lipinski definition) is 4. The number of rotatable bonds is 2. The second-order valence-electron chi connectivity index (χ2n) is 5.46. The molecule has 0 radical (unpaired) electrons. The van der Waals surface area contributed by atoms with Crippen LogP contribution >= 0.6 is 0 Å². The van der Waals surface area contributed by atoms with Gasteiger partial charge in [0.05, 0.1) is 5.52 Å². The molecule has 1 aliphatic heterocycles. The number of benzene rings is 1. The third-order valence-corrected chi connectivity index (χ3v) is 3.82. The Morgan fingerprint density at radius 1 is 1.38 bits per heavy atom. The van der Waals surface area contributed by atoms with Crippen LogP contribution in [0.25, 0.3) is 10.9 Å². The molecule has 5 heteroatoms. The molecule has 1 fully saturated rings. The van der Waals surface area contributed by atoms with E-state index in [4.69, 9.17) is 5.73 Å². The number of nitrogens with zero attached hydrogens (tertiary/aromatic N) is 3. The molecular weight excluding hydrogens is 267 g/mol. The molecule has 21 heavy (non-hydrogen) atoms. The van der Waals surface area contributed by atoms with Crippen LogP contribution in [0, 0.1) is 0 Å². The van der Waals surface area contributed by atoms with Crippen molar-refractivity contribution in [1.29, 1.82) is 0 Å². The summed E-state index contributed by atoms with van der Waals surface area (Å²) in [6.45, 7) is 1.06. The van der Waals surface area contributed by atoms with E-state index < -0.39 is 6.17 Å². The summed E-state index contributed by atoms with van der Waals surface area (Å²) in [6.07, 6.45) is 3.11. The first-order chi connectivity index (χ1) is 10.2. The van der Waals surface area contributed by atoms with Crippen molar-refractivity contribution in [2.75, 3.05) is 25.0 Å². The maximum atomic E-state index is 13.8. The summed E-state index contributed by atoms with van der Waals surface area (Å²) < 4.78 is 13.8. The van der Waals surface area contributed by atoms with Crippen molar-refractivity contribution in [2.45, 2.75) is 18.6 Å². The number of anilines is 1. The average molecular weight is 286 g/mol. The maximum absolute atomic E-state index is 13.8. The van der Waals surface area contributed by atoms with E-state index in [1.54, 1.807) is 19.5 Å². The SMILES string of the molecule is C/N=C\c1ccc(N2C[C@H](N)C[C@H](F)C2)c2cccnc12. The van der Waals surface area contributed by atoms with E-state index in [1.807, 2.05) is 29.2 Å². The molecule has 2 heterocycles. The Morgan fingerprint density at radius 2 is 2.24 bits per heavy atom. The number of nitrogens with two attached hydrogens (primary N) is 1. The topological polar surface area (TPSA) is 54.5 Å². The summed E-state index contributed by atoms with van der Waals surface area (Å²) in [5.41, 5.74) is 8.80. The number of aromatic nitrogens is 1. The normalized spacial score (nSPS) is 23.1. The van der Waals surface area contributed by atoms with Crippen molar-refractivity contribution in [3.63, 3.8) is 0 Å². The van der Waals surface area contributed by atoms with E-state index in [1.165, 1.54) is 0 Å². The van der Waals surface area contributed by atoms with Gasteiger partial charge in [-0.2, -0.15) is 0 Å². The molecule has 1 aromatic carbocycles. The highest BCUT2D eigenvalue weighted by molar-refractivity contribution is 6.03. The average Bonchev–Trinajstić information content (AvgIpc) is 2.47. The van der Waals surface area contributed by atoms with E-state index in [0.29, 0.717) is 19.5 Å². The van der Waals surface area contributed by atoms with Crippen LogP contribution < -0.4 is 10.6 Å². The van der Waals surface area contributed by atoms with Gasteiger partial charge in [0.2, 0.25) is 0 Å². The molecule has 0 saturated carbocycles. The van der Waals surface area contributed by atoms with Crippen molar-refractivity contribution in [3.8, 4) is 0 Å². The zero-order valence-electron chi connectivity index (χ0n) is 12.0. The number of alkyl halides is 1. The standard InChI is InChI=1S/C16H19FN4/c1-19-8-11-4-5-15(14-3-2-6-20-16(11)14)21-9-12(17)7-13(18)10-21/h2-6,8,12-13H,7,9-10,18H2,1H3/b19-8-/t12-,13+/m0/s1. The Balaban J connectivity index is 2.09. The predicted molar refractivity (Wildman–Crippen MR) is 85.0 cm³/mol. The van der Waals surface area contributed by atoms with Gasteiger partial charge in [-0.1, -0.05) is 0 Å². The first kappa shape index (κ1) is 13.9. The van der Waals surface area contributed by atoms with Crippen LogP contribution in [-0.2, 0) is 0 Å². The summed E-state index contributed by atoms with van der Waals surface area (Å²) in [7, 11) is 1.74. The highest BCUT2D eigenvalue weighted by Crippen LogP contribution is 2.30. The van der Waals surface area contributed by atoms with Gasteiger partial charge in [-0.3, -0.25) is 9.98 Å². The van der Waals surface area contributed by atoms with Gasteiger partial charge in [0, 0.05) is 55.2 Å². The van der Waals surface area contributed by atoms with E-state index in [9.17, 15) is 4.39 Å². The van der Waals surface area contributed by atoms with Crippen molar-refractivity contribution < 1.29 is 4.39 Å². The Labute approximate surface area is 123 Å². The minimum atomic E-state index is -0.877. The number of piperidine rings is 1. The molecule has 110 valence electrons. The van der Waals surface area contributed by atoms with Crippen LogP contribution in [0.5, 0.6) is 0 Å². The third kappa shape index (κ3) is 2.74. The highest BCUT2D eigenvalue weighted by atomic mass is 19.1. The third-order valence-electron chi connectivity index (χ3n) is 3.82. The van der Waals surface area contributed by atoms with Gasteiger partial charge in [0.15, 0.2) is 0 Å². The summed E-state index contributed by atoms with van der Waals surface area (Å²) >= 11 is 0. The monoisotopic (exact) mass is 286 g/mol. The van der Waals surface area contributed by atoms with Gasteiger partial charge >= 0.3 is 0 Å². The van der Waals surface area contributed by atoms with Gasteiger partial charge < -0.3 is 10.6 Å². The second-order valence-corrected chi connectivity index (χ2v) is 5.46. The lowest BCUT2D eigenvalue weighted by atomic mass is 10.0. The minimum absolute atomic E-state index is 0.127. The molecule has 1 aromatic heterocycles. The number of hydrogen-bond donors (Lipinski definition) is 1. The number of aliphatic imine (C=N–C) groups is 1. The first-order valence-corrected chi connectivity index (χ1v) is 7.13. The Kier molecular flexibility index (Phi) is 3.84. The lowest BCUT2D eigenvalue weighted by molar-refractivity contribution is 0.269. The largest absolute Gasteiger partial charge is 0.367 e. The van der Waals surface area contributed by atoms with Crippen molar-refractivity contribution >= 4 is 22.8 Å². The summed E-state index contributed by atoms with van der Waals surface area (Å²) in [4.78, 5) is 10.5. The molecule has 0 bridgehead atoms. The maximum Gasteiger partial charge on any atom is 0.119 e. The molecule has 3 rings (SSSR count).